The molecule has 2 aromatic heterocycles. The Bertz CT molecular complexity index is 731. The zero-order chi connectivity index (χ0) is 14.8. The minimum absolute atomic E-state index is 0.0400. The minimum atomic E-state index is -0.0400. The Morgan fingerprint density at radius 1 is 1.10 bits per heavy atom. The monoisotopic (exact) mass is 280 g/mol. The van der Waals surface area contributed by atoms with E-state index in [1.54, 1.807) is 12.4 Å². The maximum absolute atomic E-state index is 6.21. The third-order valence-corrected chi connectivity index (χ3v) is 3.59. The van der Waals surface area contributed by atoms with Crippen molar-refractivity contribution in [1.82, 2.24) is 15.0 Å². The lowest BCUT2D eigenvalue weighted by molar-refractivity contribution is 0.496. The molecule has 0 radical (unpaired) electrons. The van der Waals surface area contributed by atoms with Gasteiger partial charge in [-0.1, -0.05) is 19.9 Å². The number of nitrogens with one attached hydrogen (secondary N) is 1. The highest BCUT2D eigenvalue weighted by atomic mass is 15.0. The van der Waals surface area contributed by atoms with Gasteiger partial charge in [-0.05, 0) is 47.7 Å². The van der Waals surface area contributed by atoms with Crippen LogP contribution in [-0.2, 0) is 0 Å². The largest absolute Gasteiger partial charge is 0.341 e. The van der Waals surface area contributed by atoms with Crippen LogP contribution in [0.1, 0.15) is 32.1 Å². The number of fused-ring (bicyclic) bond motifs is 1. The first-order valence-corrected chi connectivity index (χ1v) is 7.29. The molecule has 1 unspecified atom stereocenters. The van der Waals surface area contributed by atoms with E-state index in [1.165, 1.54) is 0 Å². The Morgan fingerprint density at radius 2 is 1.86 bits per heavy atom. The van der Waals surface area contributed by atoms with Crippen LogP contribution in [0.15, 0.2) is 42.7 Å². The molecule has 4 heteroatoms. The van der Waals surface area contributed by atoms with E-state index in [0.29, 0.717) is 5.92 Å². The van der Waals surface area contributed by atoms with Crippen LogP contribution in [0, 0.1) is 5.92 Å². The quantitative estimate of drug-likeness (QED) is 0.766. The number of nitrogens with two attached hydrogens (primary N) is 1. The van der Waals surface area contributed by atoms with Gasteiger partial charge in [0.15, 0.2) is 0 Å². The number of H-pyrrole nitrogens is 1. The van der Waals surface area contributed by atoms with Gasteiger partial charge in [-0.15, -0.1) is 0 Å². The second-order valence-corrected chi connectivity index (χ2v) is 5.83. The molecule has 0 aliphatic rings. The number of hydrogen-bond donors (Lipinski definition) is 2. The molecule has 0 aliphatic carbocycles. The van der Waals surface area contributed by atoms with E-state index in [1.807, 2.05) is 18.2 Å². The van der Waals surface area contributed by atoms with Crippen LogP contribution in [0.5, 0.6) is 0 Å². The summed E-state index contributed by atoms with van der Waals surface area (Å²) < 4.78 is 0. The minimum Gasteiger partial charge on any atom is -0.341 e. The van der Waals surface area contributed by atoms with Gasteiger partial charge in [-0.25, -0.2) is 4.98 Å². The second kappa shape index (κ2) is 5.66. The summed E-state index contributed by atoms with van der Waals surface area (Å²) >= 11 is 0. The molecule has 1 atom stereocenters. The molecular formula is C17H20N4. The highest BCUT2D eigenvalue weighted by Gasteiger charge is 2.13. The summed E-state index contributed by atoms with van der Waals surface area (Å²) in [5, 5.41) is 0. The van der Waals surface area contributed by atoms with Crippen LogP contribution >= 0.6 is 0 Å². The smallest absolute Gasteiger partial charge is 0.124 e. The molecule has 4 nitrogen and oxygen atoms in total. The number of benzene rings is 1. The Labute approximate surface area is 124 Å². The Kier molecular flexibility index (Phi) is 3.71. The molecule has 1 aromatic carbocycles. The molecule has 3 rings (SSSR count). The predicted octanol–water partition coefficient (Wildman–Crippen LogP) is 3.67. The van der Waals surface area contributed by atoms with Crippen LogP contribution in [-0.4, -0.2) is 15.0 Å². The van der Waals surface area contributed by atoms with E-state index in [2.05, 4.69) is 40.9 Å². The van der Waals surface area contributed by atoms with Crippen LogP contribution in [0.2, 0.25) is 0 Å². The first-order chi connectivity index (χ1) is 10.1. The molecule has 0 aliphatic heterocycles. The summed E-state index contributed by atoms with van der Waals surface area (Å²) in [6, 6.07) is 10.2. The van der Waals surface area contributed by atoms with Gasteiger partial charge in [0.1, 0.15) is 5.82 Å². The Hall–Kier alpha value is -2.20. The number of aromatic amines is 1. The predicted molar refractivity (Wildman–Crippen MR) is 85.7 cm³/mol. The Morgan fingerprint density at radius 3 is 2.57 bits per heavy atom. The van der Waals surface area contributed by atoms with E-state index in [9.17, 15) is 0 Å². The molecule has 0 saturated heterocycles. The van der Waals surface area contributed by atoms with Crippen LogP contribution in [0.25, 0.3) is 22.2 Å². The summed E-state index contributed by atoms with van der Waals surface area (Å²) in [6.07, 6.45) is 4.53. The fraction of sp³-hybridized carbons (Fsp3) is 0.294. The maximum Gasteiger partial charge on any atom is 0.124 e. The van der Waals surface area contributed by atoms with Gasteiger partial charge in [0.05, 0.1) is 17.1 Å². The summed E-state index contributed by atoms with van der Waals surface area (Å²) in [4.78, 5) is 12.0. The number of rotatable bonds is 4. The third kappa shape index (κ3) is 2.95. The lowest BCUT2D eigenvalue weighted by atomic mass is 10.0. The van der Waals surface area contributed by atoms with Crippen molar-refractivity contribution in [3.05, 3.63) is 48.5 Å². The maximum atomic E-state index is 6.21. The fourth-order valence-electron chi connectivity index (χ4n) is 2.55. The first kappa shape index (κ1) is 13.8. The molecule has 2 heterocycles. The molecule has 3 aromatic rings. The van der Waals surface area contributed by atoms with Crippen molar-refractivity contribution in [2.75, 3.05) is 0 Å². The van der Waals surface area contributed by atoms with Crippen LogP contribution in [0.4, 0.5) is 0 Å². The summed E-state index contributed by atoms with van der Waals surface area (Å²) in [6.45, 7) is 4.34. The summed E-state index contributed by atoms with van der Waals surface area (Å²) in [5.74, 6) is 1.42. The van der Waals surface area contributed by atoms with Crippen molar-refractivity contribution < 1.29 is 0 Å². The molecular weight excluding hydrogens is 260 g/mol. The van der Waals surface area contributed by atoms with E-state index in [0.717, 1.165) is 34.4 Å². The van der Waals surface area contributed by atoms with Crippen molar-refractivity contribution in [2.24, 2.45) is 11.7 Å². The zero-order valence-corrected chi connectivity index (χ0v) is 12.4. The molecule has 108 valence electrons. The summed E-state index contributed by atoms with van der Waals surface area (Å²) in [7, 11) is 0. The van der Waals surface area contributed by atoms with E-state index in [4.69, 9.17) is 5.73 Å². The number of hydrogen-bond acceptors (Lipinski definition) is 3. The van der Waals surface area contributed by atoms with Crippen molar-refractivity contribution in [1.29, 1.82) is 0 Å². The van der Waals surface area contributed by atoms with Crippen LogP contribution in [0.3, 0.4) is 0 Å². The average Bonchev–Trinajstić information content (AvgIpc) is 2.90. The fourth-order valence-corrected chi connectivity index (χ4v) is 2.55. The zero-order valence-electron chi connectivity index (χ0n) is 12.4. The highest BCUT2D eigenvalue weighted by Crippen LogP contribution is 2.25. The van der Waals surface area contributed by atoms with Gasteiger partial charge < -0.3 is 10.7 Å². The van der Waals surface area contributed by atoms with Crippen molar-refractivity contribution >= 4 is 11.0 Å². The molecule has 21 heavy (non-hydrogen) atoms. The number of pyridine rings is 1. The molecule has 0 amide bonds. The molecule has 0 spiro atoms. The van der Waals surface area contributed by atoms with Crippen LogP contribution < -0.4 is 5.73 Å². The molecule has 0 saturated carbocycles. The SMILES string of the molecule is CC(C)CC(N)c1nc2ccc(-c3ccncc3)cc2[nH]1. The number of nitrogens with zero attached hydrogens (tertiary/aromatic N) is 2. The third-order valence-electron chi connectivity index (χ3n) is 3.59. The lowest BCUT2D eigenvalue weighted by Crippen LogP contribution is -2.14. The van der Waals surface area contributed by atoms with Gasteiger partial charge in [0, 0.05) is 12.4 Å². The summed E-state index contributed by atoms with van der Waals surface area (Å²) in [5.41, 5.74) is 10.5. The van der Waals surface area contributed by atoms with Crippen molar-refractivity contribution in [3.63, 3.8) is 0 Å². The number of aromatic nitrogens is 3. The topological polar surface area (TPSA) is 67.6 Å². The van der Waals surface area contributed by atoms with E-state index in [-0.39, 0.29) is 6.04 Å². The van der Waals surface area contributed by atoms with Gasteiger partial charge in [-0.3, -0.25) is 4.98 Å². The molecule has 3 N–H and O–H groups in total. The van der Waals surface area contributed by atoms with Crippen molar-refractivity contribution in [2.45, 2.75) is 26.3 Å². The lowest BCUT2D eigenvalue weighted by Gasteiger charge is -2.10. The normalized spacial score (nSPS) is 13.0. The average molecular weight is 280 g/mol. The van der Waals surface area contributed by atoms with E-state index >= 15 is 0 Å². The van der Waals surface area contributed by atoms with Gasteiger partial charge in [0.25, 0.3) is 0 Å². The highest BCUT2D eigenvalue weighted by molar-refractivity contribution is 5.81. The van der Waals surface area contributed by atoms with E-state index < -0.39 is 0 Å². The molecule has 0 bridgehead atoms. The van der Waals surface area contributed by atoms with Gasteiger partial charge in [0.2, 0.25) is 0 Å². The molecule has 0 fully saturated rings. The van der Waals surface area contributed by atoms with Gasteiger partial charge >= 0.3 is 0 Å². The second-order valence-electron chi connectivity index (χ2n) is 5.83. The number of imidazole rings is 1. The standard InChI is InChI=1S/C17H20N4/c1-11(2)9-14(18)17-20-15-4-3-13(10-16(15)21-17)12-5-7-19-8-6-12/h3-8,10-11,14H,9,18H2,1-2H3,(H,20,21). The first-order valence-electron chi connectivity index (χ1n) is 7.29. The van der Waals surface area contributed by atoms with Crippen molar-refractivity contribution in [3.8, 4) is 11.1 Å². The Balaban J connectivity index is 1.95. The van der Waals surface area contributed by atoms with Gasteiger partial charge in [-0.2, -0.15) is 0 Å².